The van der Waals surface area contributed by atoms with Crippen molar-refractivity contribution in [3.05, 3.63) is 0 Å². The van der Waals surface area contributed by atoms with E-state index in [0.29, 0.717) is 0 Å². The summed E-state index contributed by atoms with van der Waals surface area (Å²) in [4.78, 5) is 57.4. The van der Waals surface area contributed by atoms with Gasteiger partial charge in [-0.25, -0.2) is 0 Å². The minimum absolute atomic E-state index is 0.0646. The summed E-state index contributed by atoms with van der Waals surface area (Å²) in [5, 5.41) is 15.6. The Morgan fingerprint density at radius 3 is 2.04 bits per heavy atom. The fourth-order valence-corrected chi connectivity index (χ4v) is 1.77. The van der Waals surface area contributed by atoms with Crippen LogP contribution in [0.15, 0.2) is 0 Å². The monoisotopic (exact) mass is 373 g/mol. The highest BCUT2D eigenvalue weighted by molar-refractivity contribution is 5.92. The Kier molecular flexibility index (Phi) is 9.89. The van der Waals surface area contributed by atoms with E-state index >= 15 is 0 Å². The van der Waals surface area contributed by atoms with E-state index in [1.807, 2.05) is 0 Å². The second kappa shape index (κ2) is 11.0. The van der Waals surface area contributed by atoms with Gasteiger partial charge in [0.05, 0.1) is 12.6 Å². The number of primary amides is 1. The summed E-state index contributed by atoms with van der Waals surface area (Å²) in [5.74, 6) is -4.05. The summed E-state index contributed by atoms with van der Waals surface area (Å²) in [6.45, 7) is 4.24. The number of rotatable bonds is 11. The Labute approximate surface area is 151 Å². The molecule has 0 bridgehead atoms. The van der Waals surface area contributed by atoms with Crippen molar-refractivity contribution >= 4 is 29.6 Å². The SMILES string of the molecule is CC(NC(=O)CNC(=O)C(CCC(N)=O)NC(=O)C(N)C(C)C)C(=O)O. The van der Waals surface area contributed by atoms with Gasteiger partial charge in [0, 0.05) is 6.42 Å². The molecule has 0 saturated carbocycles. The lowest BCUT2D eigenvalue weighted by Crippen LogP contribution is -2.54. The molecule has 0 rings (SSSR count). The zero-order valence-corrected chi connectivity index (χ0v) is 15.1. The highest BCUT2D eigenvalue weighted by Crippen LogP contribution is 2.02. The smallest absolute Gasteiger partial charge is 0.325 e. The number of hydrogen-bond donors (Lipinski definition) is 6. The Bertz CT molecular complexity index is 551. The van der Waals surface area contributed by atoms with Gasteiger partial charge in [0.15, 0.2) is 0 Å². The van der Waals surface area contributed by atoms with Crippen LogP contribution in [0.3, 0.4) is 0 Å². The summed E-state index contributed by atoms with van der Waals surface area (Å²) in [6.07, 6.45) is -0.220. The highest BCUT2D eigenvalue weighted by Gasteiger charge is 2.26. The average molecular weight is 373 g/mol. The van der Waals surface area contributed by atoms with Gasteiger partial charge in [-0.15, -0.1) is 0 Å². The van der Waals surface area contributed by atoms with Crippen LogP contribution in [0.1, 0.15) is 33.6 Å². The average Bonchev–Trinajstić information content (AvgIpc) is 2.54. The lowest BCUT2D eigenvalue weighted by molar-refractivity contribution is -0.141. The topological polar surface area (TPSA) is 194 Å². The molecule has 0 aromatic carbocycles. The quantitative estimate of drug-likeness (QED) is 0.229. The molecule has 0 heterocycles. The van der Waals surface area contributed by atoms with Crippen LogP contribution in [0.25, 0.3) is 0 Å². The second-order valence-electron chi connectivity index (χ2n) is 6.18. The van der Waals surface area contributed by atoms with Crippen LogP contribution in [0.4, 0.5) is 0 Å². The van der Waals surface area contributed by atoms with Crippen molar-refractivity contribution in [3.8, 4) is 0 Å². The Morgan fingerprint density at radius 1 is 1.00 bits per heavy atom. The van der Waals surface area contributed by atoms with Crippen molar-refractivity contribution in [2.24, 2.45) is 17.4 Å². The zero-order valence-electron chi connectivity index (χ0n) is 15.1. The lowest BCUT2D eigenvalue weighted by atomic mass is 10.0. The van der Waals surface area contributed by atoms with E-state index in [9.17, 15) is 24.0 Å². The number of nitrogens with two attached hydrogens (primary N) is 2. The van der Waals surface area contributed by atoms with E-state index in [-0.39, 0.29) is 18.8 Å². The van der Waals surface area contributed by atoms with Gasteiger partial charge in [0.25, 0.3) is 0 Å². The summed E-state index contributed by atoms with van der Waals surface area (Å²) in [7, 11) is 0. The number of amides is 4. The van der Waals surface area contributed by atoms with Gasteiger partial charge < -0.3 is 32.5 Å². The molecule has 3 atom stereocenters. The molecule has 148 valence electrons. The fourth-order valence-electron chi connectivity index (χ4n) is 1.77. The van der Waals surface area contributed by atoms with Crippen molar-refractivity contribution < 1.29 is 29.1 Å². The standard InChI is InChI=1S/C15H27N5O6/c1-7(2)12(17)14(24)20-9(4-5-10(16)21)13(23)18-6-11(22)19-8(3)15(25)26/h7-9,12H,4-6,17H2,1-3H3,(H2,16,21)(H,18,23)(H,19,22)(H,20,24)(H,25,26). The number of carbonyl (C=O) groups excluding carboxylic acids is 4. The first kappa shape index (κ1) is 23.3. The molecule has 11 nitrogen and oxygen atoms in total. The van der Waals surface area contributed by atoms with E-state index in [1.54, 1.807) is 13.8 Å². The van der Waals surface area contributed by atoms with Gasteiger partial charge >= 0.3 is 5.97 Å². The fraction of sp³-hybridized carbons (Fsp3) is 0.667. The van der Waals surface area contributed by atoms with E-state index in [1.165, 1.54) is 6.92 Å². The Balaban J connectivity index is 4.78. The molecule has 8 N–H and O–H groups in total. The van der Waals surface area contributed by atoms with Gasteiger partial charge in [0.1, 0.15) is 12.1 Å². The molecule has 0 spiro atoms. The minimum Gasteiger partial charge on any atom is -0.480 e. The number of aliphatic carboxylic acids is 1. The van der Waals surface area contributed by atoms with Crippen LogP contribution in [-0.2, 0) is 24.0 Å². The van der Waals surface area contributed by atoms with Crippen LogP contribution in [-0.4, -0.2) is 59.4 Å². The predicted molar refractivity (Wildman–Crippen MR) is 91.4 cm³/mol. The molecule has 0 saturated heterocycles. The molecule has 4 amide bonds. The molecule has 0 aliphatic heterocycles. The normalized spacial score (nSPS) is 14.0. The number of carboxylic acid groups (broad SMARTS) is 1. The zero-order chi connectivity index (χ0) is 20.4. The first-order valence-electron chi connectivity index (χ1n) is 8.09. The Morgan fingerprint density at radius 2 is 1.58 bits per heavy atom. The third-order valence-corrected chi connectivity index (χ3v) is 3.50. The maximum absolute atomic E-state index is 12.2. The van der Waals surface area contributed by atoms with Gasteiger partial charge in [-0.1, -0.05) is 13.8 Å². The molecule has 0 aliphatic carbocycles. The Hall–Kier alpha value is -2.69. The number of carbonyl (C=O) groups is 5. The molecular weight excluding hydrogens is 346 g/mol. The molecule has 0 radical (unpaired) electrons. The maximum atomic E-state index is 12.2. The van der Waals surface area contributed by atoms with Gasteiger partial charge in [0.2, 0.25) is 23.6 Å². The largest absolute Gasteiger partial charge is 0.480 e. The molecule has 0 fully saturated rings. The molecule has 0 aliphatic rings. The van der Waals surface area contributed by atoms with Gasteiger partial charge in [-0.3, -0.25) is 24.0 Å². The van der Waals surface area contributed by atoms with E-state index in [2.05, 4.69) is 16.0 Å². The first-order valence-corrected chi connectivity index (χ1v) is 8.09. The van der Waals surface area contributed by atoms with Crippen molar-refractivity contribution in [2.45, 2.75) is 51.7 Å². The third kappa shape index (κ3) is 8.97. The van der Waals surface area contributed by atoms with Gasteiger partial charge in [-0.05, 0) is 19.3 Å². The van der Waals surface area contributed by atoms with Crippen LogP contribution in [0, 0.1) is 5.92 Å². The molecule has 11 heteroatoms. The van der Waals surface area contributed by atoms with E-state index in [4.69, 9.17) is 16.6 Å². The maximum Gasteiger partial charge on any atom is 0.325 e. The second-order valence-corrected chi connectivity index (χ2v) is 6.18. The lowest BCUT2D eigenvalue weighted by Gasteiger charge is -2.22. The molecule has 0 aromatic rings. The summed E-state index contributed by atoms with van der Waals surface area (Å²) in [5.41, 5.74) is 10.8. The highest BCUT2D eigenvalue weighted by atomic mass is 16.4. The van der Waals surface area contributed by atoms with Crippen molar-refractivity contribution in [1.82, 2.24) is 16.0 Å². The molecule has 0 aromatic heterocycles. The summed E-state index contributed by atoms with van der Waals surface area (Å²) in [6, 6.07) is -3.07. The summed E-state index contributed by atoms with van der Waals surface area (Å²) < 4.78 is 0. The van der Waals surface area contributed by atoms with Crippen LogP contribution in [0.5, 0.6) is 0 Å². The first-order chi connectivity index (χ1) is 12.0. The van der Waals surface area contributed by atoms with Crippen LogP contribution < -0.4 is 27.4 Å². The number of hydrogen-bond acceptors (Lipinski definition) is 6. The molecule has 3 unspecified atom stereocenters. The number of nitrogens with one attached hydrogen (secondary N) is 3. The van der Waals surface area contributed by atoms with Gasteiger partial charge in [-0.2, -0.15) is 0 Å². The summed E-state index contributed by atoms with van der Waals surface area (Å²) >= 11 is 0. The molecular formula is C15H27N5O6. The van der Waals surface area contributed by atoms with E-state index in [0.717, 1.165) is 0 Å². The van der Waals surface area contributed by atoms with Crippen LogP contribution >= 0.6 is 0 Å². The van der Waals surface area contributed by atoms with Crippen LogP contribution in [0.2, 0.25) is 0 Å². The third-order valence-electron chi connectivity index (χ3n) is 3.50. The van der Waals surface area contributed by atoms with Crippen molar-refractivity contribution in [3.63, 3.8) is 0 Å². The molecule has 26 heavy (non-hydrogen) atoms. The van der Waals surface area contributed by atoms with Crippen molar-refractivity contribution in [1.29, 1.82) is 0 Å². The van der Waals surface area contributed by atoms with E-state index < -0.39 is 54.3 Å². The predicted octanol–water partition coefficient (Wildman–Crippen LogP) is -2.57. The number of carboxylic acids is 1. The minimum atomic E-state index is -1.22. The van der Waals surface area contributed by atoms with Crippen molar-refractivity contribution in [2.75, 3.05) is 6.54 Å².